The van der Waals surface area contributed by atoms with Crippen molar-refractivity contribution in [1.82, 2.24) is 0 Å². The topological polar surface area (TPSA) is 55.2 Å². The molecule has 0 fully saturated rings. The minimum atomic E-state index is -0.389. The molecule has 2 aromatic carbocycles. The van der Waals surface area contributed by atoms with Crippen LogP contribution in [0.15, 0.2) is 46.9 Å². The van der Waals surface area contributed by atoms with E-state index in [0.717, 1.165) is 17.2 Å². The summed E-state index contributed by atoms with van der Waals surface area (Å²) in [6.45, 7) is 0. The molecule has 0 bridgehead atoms. The van der Waals surface area contributed by atoms with E-state index in [1.54, 1.807) is 12.1 Å². The maximum absolute atomic E-state index is 10.8. The molecule has 6 heteroatoms. The van der Waals surface area contributed by atoms with Gasteiger partial charge in [-0.15, -0.1) is 0 Å². The van der Waals surface area contributed by atoms with E-state index in [1.807, 2.05) is 11.8 Å². The molecule has 1 aliphatic heterocycles. The molecule has 108 valence electrons. The van der Waals surface area contributed by atoms with Gasteiger partial charge in [0.05, 0.1) is 15.4 Å². The Hall–Kier alpha value is -1.53. The first-order valence-electron chi connectivity index (χ1n) is 6.51. The van der Waals surface area contributed by atoms with Gasteiger partial charge in [0, 0.05) is 23.3 Å². The van der Waals surface area contributed by atoms with Crippen LogP contribution in [0.2, 0.25) is 0 Å². The largest absolute Gasteiger partial charge is 0.377 e. The summed E-state index contributed by atoms with van der Waals surface area (Å²) in [6, 6.07) is 13.7. The smallest absolute Gasteiger partial charge is 0.283 e. The molecule has 0 spiro atoms. The summed E-state index contributed by atoms with van der Waals surface area (Å²) in [4.78, 5) is 10.4. The number of nitro groups is 1. The van der Waals surface area contributed by atoms with Crippen LogP contribution in [0.4, 0.5) is 11.4 Å². The fourth-order valence-corrected chi connectivity index (χ4v) is 4.07. The third kappa shape index (κ3) is 3.06. The number of halogens is 1. The number of nitro benzene ring substituents is 1. The lowest BCUT2D eigenvalue weighted by Gasteiger charge is -2.27. The van der Waals surface area contributed by atoms with Gasteiger partial charge >= 0.3 is 0 Å². The summed E-state index contributed by atoms with van der Waals surface area (Å²) in [5.74, 6) is 2.03. The summed E-state index contributed by atoms with van der Waals surface area (Å²) in [7, 11) is 0. The van der Waals surface area contributed by atoms with E-state index in [-0.39, 0.29) is 16.7 Å². The van der Waals surface area contributed by atoms with Crippen molar-refractivity contribution >= 4 is 39.1 Å². The van der Waals surface area contributed by atoms with Crippen molar-refractivity contribution in [2.45, 2.75) is 11.8 Å². The van der Waals surface area contributed by atoms with Crippen molar-refractivity contribution in [1.29, 1.82) is 0 Å². The standard InChI is InChI=1S/C15H13BrN2O2S/c16-13-7-11(5-6-15(13)18(19)20)17-14-9-21-8-10-3-1-2-4-12(10)14/h1-7,14,17H,8-9H2. The first kappa shape index (κ1) is 14.4. The Morgan fingerprint density at radius 2 is 2.10 bits per heavy atom. The van der Waals surface area contributed by atoms with E-state index in [2.05, 4.69) is 45.5 Å². The van der Waals surface area contributed by atoms with Crippen LogP contribution in [0.25, 0.3) is 0 Å². The number of fused-ring (bicyclic) bond motifs is 1. The van der Waals surface area contributed by atoms with Gasteiger partial charge in [-0.2, -0.15) is 11.8 Å². The number of anilines is 1. The lowest BCUT2D eigenvalue weighted by Crippen LogP contribution is -2.18. The zero-order chi connectivity index (χ0) is 14.8. The molecule has 4 nitrogen and oxygen atoms in total. The molecule has 1 atom stereocenters. The van der Waals surface area contributed by atoms with Gasteiger partial charge in [-0.3, -0.25) is 10.1 Å². The second-order valence-electron chi connectivity index (χ2n) is 4.83. The zero-order valence-corrected chi connectivity index (χ0v) is 13.5. The summed E-state index contributed by atoms with van der Waals surface area (Å²) in [6.07, 6.45) is 0. The Labute approximate surface area is 135 Å². The van der Waals surface area contributed by atoms with Gasteiger partial charge in [0.25, 0.3) is 5.69 Å². The molecule has 1 aliphatic rings. The van der Waals surface area contributed by atoms with Gasteiger partial charge in [-0.05, 0) is 39.2 Å². The minimum absolute atomic E-state index is 0.0824. The molecule has 0 saturated heterocycles. The van der Waals surface area contributed by atoms with Crippen LogP contribution >= 0.6 is 27.7 Å². The Morgan fingerprint density at radius 1 is 1.29 bits per heavy atom. The highest BCUT2D eigenvalue weighted by Gasteiger charge is 2.20. The molecule has 0 radical (unpaired) electrons. The Balaban J connectivity index is 1.85. The van der Waals surface area contributed by atoms with Gasteiger partial charge < -0.3 is 5.32 Å². The van der Waals surface area contributed by atoms with Crippen LogP contribution in [-0.4, -0.2) is 10.7 Å². The Kier molecular flexibility index (Phi) is 4.17. The quantitative estimate of drug-likeness (QED) is 0.630. The van der Waals surface area contributed by atoms with Crippen LogP contribution < -0.4 is 5.32 Å². The highest BCUT2D eigenvalue weighted by atomic mass is 79.9. The SMILES string of the molecule is O=[N+]([O-])c1ccc(NC2CSCc3ccccc32)cc1Br. The van der Waals surface area contributed by atoms with Crippen molar-refractivity contribution in [2.24, 2.45) is 0 Å². The molecular weight excluding hydrogens is 352 g/mol. The van der Waals surface area contributed by atoms with Crippen molar-refractivity contribution in [3.8, 4) is 0 Å². The Bertz CT molecular complexity index is 693. The second kappa shape index (κ2) is 6.07. The summed E-state index contributed by atoms with van der Waals surface area (Å²) >= 11 is 5.15. The number of hydrogen-bond acceptors (Lipinski definition) is 4. The van der Waals surface area contributed by atoms with Crippen molar-refractivity contribution < 1.29 is 4.92 Å². The van der Waals surface area contributed by atoms with Gasteiger partial charge in [0.2, 0.25) is 0 Å². The van der Waals surface area contributed by atoms with Crippen LogP contribution in [-0.2, 0) is 5.75 Å². The highest BCUT2D eigenvalue weighted by molar-refractivity contribution is 9.10. The normalized spacial score (nSPS) is 17.1. The van der Waals surface area contributed by atoms with Gasteiger partial charge in [0.15, 0.2) is 0 Å². The van der Waals surface area contributed by atoms with E-state index in [4.69, 9.17) is 0 Å². The fraction of sp³-hybridized carbons (Fsp3) is 0.200. The average Bonchev–Trinajstić information content (AvgIpc) is 2.47. The molecule has 3 rings (SSSR count). The van der Waals surface area contributed by atoms with Gasteiger partial charge in [-0.1, -0.05) is 24.3 Å². The molecule has 1 N–H and O–H groups in total. The van der Waals surface area contributed by atoms with Crippen molar-refractivity contribution in [2.75, 3.05) is 11.1 Å². The van der Waals surface area contributed by atoms with Crippen LogP contribution in [0, 0.1) is 10.1 Å². The van der Waals surface area contributed by atoms with E-state index in [9.17, 15) is 10.1 Å². The third-order valence-corrected chi connectivity index (χ3v) is 5.18. The van der Waals surface area contributed by atoms with E-state index in [1.165, 1.54) is 17.2 Å². The van der Waals surface area contributed by atoms with Crippen molar-refractivity contribution in [3.05, 3.63) is 68.2 Å². The number of nitrogens with zero attached hydrogens (tertiary/aromatic N) is 1. The first-order valence-corrected chi connectivity index (χ1v) is 8.46. The molecule has 1 heterocycles. The number of thioether (sulfide) groups is 1. The predicted molar refractivity (Wildman–Crippen MR) is 89.8 cm³/mol. The predicted octanol–water partition coefficient (Wildman–Crippen LogP) is 4.76. The fourth-order valence-electron chi connectivity index (χ4n) is 2.45. The molecule has 0 saturated carbocycles. The summed E-state index contributed by atoms with van der Waals surface area (Å²) in [5, 5.41) is 14.3. The molecular formula is C15H13BrN2O2S. The Morgan fingerprint density at radius 3 is 2.86 bits per heavy atom. The molecule has 0 aliphatic carbocycles. The van der Waals surface area contributed by atoms with Gasteiger partial charge in [0.1, 0.15) is 0 Å². The number of rotatable bonds is 3. The minimum Gasteiger partial charge on any atom is -0.377 e. The number of benzene rings is 2. The highest BCUT2D eigenvalue weighted by Crippen LogP contribution is 2.35. The average molecular weight is 365 g/mol. The lowest BCUT2D eigenvalue weighted by molar-refractivity contribution is -0.385. The van der Waals surface area contributed by atoms with E-state index in [0.29, 0.717) is 4.47 Å². The van der Waals surface area contributed by atoms with Crippen LogP contribution in [0.5, 0.6) is 0 Å². The molecule has 0 amide bonds. The van der Waals surface area contributed by atoms with E-state index >= 15 is 0 Å². The molecule has 1 unspecified atom stereocenters. The maximum Gasteiger partial charge on any atom is 0.283 e. The first-order chi connectivity index (χ1) is 10.1. The van der Waals surface area contributed by atoms with Crippen LogP contribution in [0.3, 0.4) is 0 Å². The summed E-state index contributed by atoms with van der Waals surface area (Å²) < 4.78 is 0.495. The monoisotopic (exact) mass is 364 g/mol. The van der Waals surface area contributed by atoms with E-state index < -0.39 is 0 Å². The zero-order valence-electron chi connectivity index (χ0n) is 11.1. The maximum atomic E-state index is 10.8. The molecule has 2 aromatic rings. The second-order valence-corrected chi connectivity index (χ2v) is 6.72. The number of hydrogen-bond donors (Lipinski definition) is 1. The molecule has 21 heavy (non-hydrogen) atoms. The molecule has 0 aromatic heterocycles. The van der Waals surface area contributed by atoms with Crippen LogP contribution in [0.1, 0.15) is 17.2 Å². The van der Waals surface area contributed by atoms with Crippen molar-refractivity contribution in [3.63, 3.8) is 0 Å². The third-order valence-electron chi connectivity index (χ3n) is 3.46. The summed E-state index contributed by atoms with van der Waals surface area (Å²) in [5.41, 5.74) is 3.63. The lowest BCUT2D eigenvalue weighted by atomic mass is 10.0. The van der Waals surface area contributed by atoms with Gasteiger partial charge in [-0.25, -0.2) is 0 Å². The number of nitrogens with one attached hydrogen (secondary N) is 1.